The Hall–Kier alpha value is -1.76. The van der Waals surface area contributed by atoms with Gasteiger partial charge in [0.15, 0.2) is 0 Å². The van der Waals surface area contributed by atoms with Gasteiger partial charge in [-0.1, -0.05) is 58.0 Å². The zero-order valence-electron chi connectivity index (χ0n) is 12.2. The monoisotopic (exact) mass is 254 g/mol. The van der Waals surface area contributed by atoms with Crippen molar-refractivity contribution in [1.29, 1.82) is 0 Å². The Labute approximate surface area is 116 Å². The van der Waals surface area contributed by atoms with E-state index in [1.807, 2.05) is 30.3 Å². The molecule has 0 unspecified atom stereocenters. The quantitative estimate of drug-likeness (QED) is 0.718. The molecule has 0 bridgehead atoms. The smallest absolute Gasteiger partial charge is 0.130 e. The standard InChI is InChI=1S/C18H22O/c1-5-14-13-15(18(2,3)4)11-12-17(14)19-16-9-7-6-8-10-16/h6-13H,5H2,1-4H3. The topological polar surface area (TPSA) is 9.23 Å². The molecule has 1 heteroatoms. The number of para-hydroxylation sites is 1. The first-order valence-corrected chi connectivity index (χ1v) is 6.87. The van der Waals surface area contributed by atoms with Crippen LogP contribution in [0.25, 0.3) is 0 Å². The fourth-order valence-electron chi connectivity index (χ4n) is 2.04. The van der Waals surface area contributed by atoms with Gasteiger partial charge >= 0.3 is 0 Å². The lowest BCUT2D eigenvalue weighted by atomic mass is 9.86. The van der Waals surface area contributed by atoms with E-state index in [9.17, 15) is 0 Å². The van der Waals surface area contributed by atoms with Crippen LogP contribution in [-0.4, -0.2) is 0 Å². The van der Waals surface area contributed by atoms with Gasteiger partial charge in [0, 0.05) is 0 Å². The molecular weight excluding hydrogens is 232 g/mol. The summed E-state index contributed by atoms with van der Waals surface area (Å²) in [6.45, 7) is 8.87. The lowest BCUT2D eigenvalue weighted by Crippen LogP contribution is -2.11. The number of benzene rings is 2. The van der Waals surface area contributed by atoms with Gasteiger partial charge in [-0.2, -0.15) is 0 Å². The third-order valence-corrected chi connectivity index (χ3v) is 3.28. The Morgan fingerprint density at radius 1 is 0.947 bits per heavy atom. The second-order valence-electron chi connectivity index (χ2n) is 5.84. The van der Waals surface area contributed by atoms with E-state index in [-0.39, 0.29) is 5.41 Å². The minimum absolute atomic E-state index is 0.176. The van der Waals surface area contributed by atoms with Crippen LogP contribution in [0.4, 0.5) is 0 Å². The summed E-state index contributed by atoms with van der Waals surface area (Å²) >= 11 is 0. The maximum absolute atomic E-state index is 5.97. The minimum atomic E-state index is 0.176. The summed E-state index contributed by atoms with van der Waals surface area (Å²) in [5.41, 5.74) is 2.79. The minimum Gasteiger partial charge on any atom is -0.457 e. The summed E-state index contributed by atoms with van der Waals surface area (Å²) in [4.78, 5) is 0. The Morgan fingerprint density at radius 2 is 1.63 bits per heavy atom. The van der Waals surface area contributed by atoms with E-state index in [0.29, 0.717) is 0 Å². The highest BCUT2D eigenvalue weighted by Crippen LogP contribution is 2.31. The average molecular weight is 254 g/mol. The van der Waals surface area contributed by atoms with Gasteiger partial charge in [0.2, 0.25) is 0 Å². The summed E-state index contributed by atoms with van der Waals surface area (Å²) in [5.74, 6) is 1.85. The van der Waals surface area contributed by atoms with Crippen molar-refractivity contribution in [2.24, 2.45) is 0 Å². The van der Waals surface area contributed by atoms with Gasteiger partial charge in [-0.15, -0.1) is 0 Å². The third kappa shape index (κ3) is 3.37. The Morgan fingerprint density at radius 3 is 2.21 bits per heavy atom. The molecule has 0 aliphatic rings. The van der Waals surface area contributed by atoms with E-state index in [1.165, 1.54) is 11.1 Å². The number of hydrogen-bond acceptors (Lipinski definition) is 1. The lowest BCUT2D eigenvalue weighted by Gasteiger charge is -2.21. The van der Waals surface area contributed by atoms with E-state index in [0.717, 1.165) is 17.9 Å². The molecule has 2 aromatic rings. The molecule has 0 aromatic heterocycles. The van der Waals surface area contributed by atoms with Crippen molar-refractivity contribution in [2.75, 3.05) is 0 Å². The van der Waals surface area contributed by atoms with E-state index in [4.69, 9.17) is 4.74 Å². The molecule has 2 aromatic carbocycles. The second kappa shape index (κ2) is 5.48. The van der Waals surface area contributed by atoms with Gasteiger partial charge in [-0.3, -0.25) is 0 Å². The average Bonchev–Trinajstić information content (AvgIpc) is 2.39. The molecule has 0 aliphatic heterocycles. The summed E-state index contributed by atoms with van der Waals surface area (Å²) in [7, 11) is 0. The molecule has 0 atom stereocenters. The van der Waals surface area contributed by atoms with Crippen molar-refractivity contribution < 1.29 is 4.74 Å². The Kier molecular flexibility index (Phi) is 3.94. The molecule has 0 radical (unpaired) electrons. The van der Waals surface area contributed by atoms with Crippen LogP contribution in [0.1, 0.15) is 38.8 Å². The molecule has 0 heterocycles. The van der Waals surface area contributed by atoms with Crippen LogP contribution in [0.2, 0.25) is 0 Å². The fourth-order valence-corrected chi connectivity index (χ4v) is 2.04. The first-order chi connectivity index (χ1) is 9.00. The highest BCUT2D eigenvalue weighted by Gasteiger charge is 2.15. The molecule has 0 saturated carbocycles. The first-order valence-electron chi connectivity index (χ1n) is 6.87. The fraction of sp³-hybridized carbons (Fsp3) is 0.333. The van der Waals surface area contributed by atoms with Gasteiger partial charge < -0.3 is 4.74 Å². The molecule has 2 rings (SSSR count). The van der Waals surface area contributed by atoms with Gasteiger partial charge in [0.25, 0.3) is 0 Å². The van der Waals surface area contributed by atoms with Gasteiger partial charge in [-0.05, 0) is 41.2 Å². The number of aryl methyl sites for hydroxylation is 1. The van der Waals surface area contributed by atoms with Gasteiger partial charge in [0.1, 0.15) is 11.5 Å². The molecular formula is C18H22O. The second-order valence-corrected chi connectivity index (χ2v) is 5.84. The summed E-state index contributed by atoms with van der Waals surface area (Å²) in [6.07, 6.45) is 0.978. The van der Waals surface area contributed by atoms with Crippen LogP contribution in [0.5, 0.6) is 11.5 Å². The van der Waals surface area contributed by atoms with E-state index < -0.39 is 0 Å². The number of ether oxygens (including phenoxy) is 1. The highest BCUT2D eigenvalue weighted by atomic mass is 16.5. The predicted molar refractivity (Wildman–Crippen MR) is 81.0 cm³/mol. The normalized spacial score (nSPS) is 11.4. The lowest BCUT2D eigenvalue weighted by molar-refractivity contribution is 0.475. The van der Waals surface area contributed by atoms with Crippen LogP contribution >= 0.6 is 0 Å². The van der Waals surface area contributed by atoms with Crippen LogP contribution in [0.15, 0.2) is 48.5 Å². The Balaban J connectivity index is 2.32. The zero-order chi connectivity index (χ0) is 13.9. The predicted octanol–water partition coefficient (Wildman–Crippen LogP) is 5.34. The highest BCUT2D eigenvalue weighted by molar-refractivity contribution is 5.42. The van der Waals surface area contributed by atoms with Crippen molar-refractivity contribution in [1.82, 2.24) is 0 Å². The van der Waals surface area contributed by atoms with E-state index in [1.54, 1.807) is 0 Å². The van der Waals surface area contributed by atoms with Crippen LogP contribution in [0, 0.1) is 0 Å². The molecule has 100 valence electrons. The maximum atomic E-state index is 5.97. The van der Waals surface area contributed by atoms with Crippen LogP contribution in [0.3, 0.4) is 0 Å². The Bertz CT molecular complexity index is 535. The molecule has 0 fully saturated rings. The van der Waals surface area contributed by atoms with E-state index >= 15 is 0 Å². The largest absolute Gasteiger partial charge is 0.457 e. The van der Waals surface area contributed by atoms with Crippen molar-refractivity contribution >= 4 is 0 Å². The zero-order valence-corrected chi connectivity index (χ0v) is 12.2. The molecule has 19 heavy (non-hydrogen) atoms. The number of rotatable bonds is 3. The van der Waals surface area contributed by atoms with Crippen LogP contribution in [-0.2, 0) is 11.8 Å². The van der Waals surface area contributed by atoms with Crippen LogP contribution < -0.4 is 4.74 Å². The molecule has 0 aliphatic carbocycles. The maximum Gasteiger partial charge on any atom is 0.130 e. The molecule has 0 amide bonds. The molecule has 1 nitrogen and oxygen atoms in total. The van der Waals surface area contributed by atoms with Gasteiger partial charge in [-0.25, -0.2) is 0 Å². The van der Waals surface area contributed by atoms with Gasteiger partial charge in [0.05, 0.1) is 0 Å². The summed E-state index contributed by atoms with van der Waals surface area (Å²) < 4.78 is 5.97. The first kappa shape index (κ1) is 13.7. The summed E-state index contributed by atoms with van der Waals surface area (Å²) in [5, 5.41) is 0. The SMILES string of the molecule is CCc1cc(C(C)(C)C)ccc1Oc1ccccc1. The summed E-state index contributed by atoms with van der Waals surface area (Å²) in [6, 6.07) is 16.5. The number of hydrogen-bond donors (Lipinski definition) is 0. The molecule has 0 saturated heterocycles. The third-order valence-electron chi connectivity index (χ3n) is 3.28. The van der Waals surface area contributed by atoms with Crippen molar-refractivity contribution in [3.05, 3.63) is 59.7 Å². The van der Waals surface area contributed by atoms with Crippen molar-refractivity contribution in [2.45, 2.75) is 39.5 Å². The molecule has 0 spiro atoms. The van der Waals surface area contributed by atoms with Crippen molar-refractivity contribution in [3.8, 4) is 11.5 Å². The molecule has 0 N–H and O–H groups in total. The van der Waals surface area contributed by atoms with E-state index in [2.05, 4.69) is 45.9 Å². The van der Waals surface area contributed by atoms with Crippen molar-refractivity contribution in [3.63, 3.8) is 0 Å².